The average molecular weight is 204 g/mol. The molecule has 0 spiro atoms. The topological polar surface area (TPSA) is 18.8 Å². The molecule has 0 aromatic heterocycles. The van der Waals surface area contributed by atoms with Crippen LogP contribution in [0.4, 0.5) is 0 Å². The first kappa shape index (κ1) is 10.6. The molecule has 0 aromatic rings. The zero-order chi connectivity index (χ0) is 8.39. The molecule has 0 N–H and O–H groups in total. The summed E-state index contributed by atoms with van der Waals surface area (Å²) in [5.41, 5.74) is 0. The minimum absolute atomic E-state index is 0. The molecule has 13 heavy (non-hydrogen) atoms. The smallest absolute Gasteiger partial charge is 0.196 e. The molecule has 4 heteroatoms. The summed E-state index contributed by atoms with van der Waals surface area (Å²) in [6.07, 6.45) is 2.54. The van der Waals surface area contributed by atoms with Crippen LogP contribution in [0.2, 0.25) is 0 Å². The van der Waals surface area contributed by atoms with Gasteiger partial charge in [0, 0.05) is 32.7 Å². The van der Waals surface area contributed by atoms with Gasteiger partial charge in [-0.3, -0.25) is 4.99 Å². The van der Waals surface area contributed by atoms with Gasteiger partial charge >= 0.3 is 0 Å². The Morgan fingerprint density at radius 2 is 2.00 bits per heavy atom. The highest BCUT2D eigenvalue weighted by Gasteiger charge is 2.23. The SMILES string of the molecule is CCN1CCCN2CCCN=C12.Cl. The Kier molecular flexibility index (Phi) is 3.85. The van der Waals surface area contributed by atoms with E-state index in [0.29, 0.717) is 0 Å². The van der Waals surface area contributed by atoms with Crippen LogP contribution in [0.3, 0.4) is 0 Å². The highest BCUT2D eigenvalue weighted by atomic mass is 35.5. The molecule has 0 atom stereocenters. The Morgan fingerprint density at radius 1 is 1.23 bits per heavy atom. The normalized spacial score (nSPS) is 21.8. The van der Waals surface area contributed by atoms with Crippen LogP contribution in [0, 0.1) is 0 Å². The van der Waals surface area contributed by atoms with Crippen LogP contribution in [0.25, 0.3) is 0 Å². The summed E-state index contributed by atoms with van der Waals surface area (Å²) in [7, 11) is 0. The van der Waals surface area contributed by atoms with Crippen LogP contribution in [0.15, 0.2) is 4.99 Å². The van der Waals surface area contributed by atoms with Crippen molar-refractivity contribution < 1.29 is 0 Å². The summed E-state index contributed by atoms with van der Waals surface area (Å²) >= 11 is 0. The third-order valence-corrected chi connectivity index (χ3v) is 2.64. The van der Waals surface area contributed by atoms with Crippen LogP contribution >= 0.6 is 12.4 Å². The molecule has 2 aliphatic heterocycles. The quantitative estimate of drug-likeness (QED) is 0.638. The van der Waals surface area contributed by atoms with Crippen molar-refractivity contribution in [3.05, 3.63) is 0 Å². The van der Waals surface area contributed by atoms with Crippen LogP contribution in [-0.2, 0) is 0 Å². The lowest BCUT2D eigenvalue weighted by Crippen LogP contribution is -2.52. The van der Waals surface area contributed by atoms with Gasteiger partial charge in [-0.05, 0) is 19.8 Å². The molecule has 0 aromatic carbocycles. The Morgan fingerprint density at radius 3 is 2.77 bits per heavy atom. The third kappa shape index (κ3) is 2.08. The molecule has 0 aliphatic carbocycles. The van der Waals surface area contributed by atoms with Crippen LogP contribution < -0.4 is 0 Å². The van der Waals surface area contributed by atoms with Gasteiger partial charge < -0.3 is 9.80 Å². The number of halogens is 1. The Hall–Kier alpha value is -0.440. The number of nitrogens with zero attached hydrogens (tertiary/aromatic N) is 3. The lowest BCUT2D eigenvalue weighted by Gasteiger charge is -2.40. The van der Waals surface area contributed by atoms with E-state index in [-0.39, 0.29) is 12.4 Å². The first-order valence-electron chi connectivity index (χ1n) is 4.96. The van der Waals surface area contributed by atoms with E-state index in [1.165, 1.54) is 38.4 Å². The molecule has 76 valence electrons. The largest absolute Gasteiger partial charge is 0.343 e. The van der Waals surface area contributed by atoms with Gasteiger partial charge in [0.15, 0.2) is 5.96 Å². The van der Waals surface area contributed by atoms with Crippen molar-refractivity contribution in [1.29, 1.82) is 0 Å². The fourth-order valence-electron chi connectivity index (χ4n) is 2.00. The lowest BCUT2D eigenvalue weighted by atomic mass is 10.2. The van der Waals surface area contributed by atoms with E-state index in [4.69, 9.17) is 0 Å². The summed E-state index contributed by atoms with van der Waals surface area (Å²) in [4.78, 5) is 9.39. The molecule has 2 rings (SSSR count). The summed E-state index contributed by atoms with van der Waals surface area (Å²) < 4.78 is 0. The summed E-state index contributed by atoms with van der Waals surface area (Å²) in [5.74, 6) is 1.26. The number of hydrogen-bond acceptors (Lipinski definition) is 3. The Balaban J connectivity index is 0.000000845. The van der Waals surface area contributed by atoms with Gasteiger partial charge in [0.2, 0.25) is 0 Å². The van der Waals surface area contributed by atoms with E-state index in [0.717, 1.165) is 13.1 Å². The van der Waals surface area contributed by atoms with E-state index >= 15 is 0 Å². The first-order chi connectivity index (χ1) is 5.92. The van der Waals surface area contributed by atoms with Gasteiger partial charge in [0.1, 0.15) is 0 Å². The second kappa shape index (κ2) is 4.70. The second-order valence-electron chi connectivity index (χ2n) is 3.46. The highest BCUT2D eigenvalue weighted by molar-refractivity contribution is 5.85. The molecular weight excluding hydrogens is 186 g/mol. The zero-order valence-electron chi connectivity index (χ0n) is 8.20. The number of hydrogen-bond donors (Lipinski definition) is 0. The zero-order valence-corrected chi connectivity index (χ0v) is 9.02. The monoisotopic (exact) mass is 203 g/mol. The molecule has 1 fully saturated rings. The molecule has 2 aliphatic rings. The van der Waals surface area contributed by atoms with Crippen molar-refractivity contribution in [2.75, 3.05) is 32.7 Å². The van der Waals surface area contributed by atoms with E-state index < -0.39 is 0 Å². The van der Waals surface area contributed by atoms with Crippen LogP contribution in [0.1, 0.15) is 19.8 Å². The minimum atomic E-state index is 0. The highest BCUT2D eigenvalue weighted by Crippen LogP contribution is 2.12. The summed E-state index contributed by atoms with van der Waals surface area (Å²) in [6, 6.07) is 0. The minimum Gasteiger partial charge on any atom is -0.343 e. The fraction of sp³-hybridized carbons (Fsp3) is 0.889. The van der Waals surface area contributed by atoms with Gasteiger partial charge in [-0.2, -0.15) is 0 Å². The van der Waals surface area contributed by atoms with Crippen molar-refractivity contribution in [3.63, 3.8) is 0 Å². The van der Waals surface area contributed by atoms with E-state index in [9.17, 15) is 0 Å². The lowest BCUT2D eigenvalue weighted by molar-refractivity contribution is 0.250. The fourth-order valence-corrected chi connectivity index (χ4v) is 2.00. The van der Waals surface area contributed by atoms with E-state index in [2.05, 4.69) is 21.7 Å². The molecule has 0 amide bonds. The number of aliphatic imine (C=N–C) groups is 1. The molecule has 2 heterocycles. The van der Waals surface area contributed by atoms with Crippen molar-refractivity contribution >= 4 is 18.4 Å². The first-order valence-corrected chi connectivity index (χ1v) is 4.96. The van der Waals surface area contributed by atoms with Gasteiger partial charge in [-0.25, -0.2) is 0 Å². The molecule has 0 bridgehead atoms. The van der Waals surface area contributed by atoms with Gasteiger partial charge in [0.25, 0.3) is 0 Å². The molecule has 0 radical (unpaired) electrons. The number of rotatable bonds is 1. The molecular formula is C9H18ClN3. The number of guanidine groups is 1. The number of fused-ring (bicyclic) bond motifs is 1. The predicted molar refractivity (Wildman–Crippen MR) is 57.6 cm³/mol. The standard InChI is InChI=1S/C9H17N3.ClH/c1-2-11-7-4-8-12-6-3-5-10-9(11)12;/h2-8H2,1H3;1H. The maximum atomic E-state index is 4.57. The average Bonchev–Trinajstić information content (AvgIpc) is 2.17. The van der Waals surface area contributed by atoms with E-state index in [1.807, 2.05) is 0 Å². The van der Waals surface area contributed by atoms with Gasteiger partial charge in [-0.1, -0.05) is 0 Å². The predicted octanol–water partition coefficient (Wildman–Crippen LogP) is 1.20. The van der Waals surface area contributed by atoms with Gasteiger partial charge in [-0.15, -0.1) is 12.4 Å². The molecule has 1 saturated heterocycles. The maximum Gasteiger partial charge on any atom is 0.196 e. The van der Waals surface area contributed by atoms with E-state index in [1.54, 1.807) is 0 Å². The Bertz CT molecular complexity index is 193. The third-order valence-electron chi connectivity index (χ3n) is 2.64. The van der Waals surface area contributed by atoms with Crippen LogP contribution in [0.5, 0.6) is 0 Å². The summed E-state index contributed by atoms with van der Waals surface area (Å²) in [6.45, 7) is 7.98. The van der Waals surface area contributed by atoms with Crippen molar-refractivity contribution in [2.45, 2.75) is 19.8 Å². The second-order valence-corrected chi connectivity index (χ2v) is 3.46. The molecule has 0 unspecified atom stereocenters. The van der Waals surface area contributed by atoms with Crippen LogP contribution in [-0.4, -0.2) is 48.5 Å². The van der Waals surface area contributed by atoms with Crippen molar-refractivity contribution in [1.82, 2.24) is 9.80 Å². The molecule has 0 saturated carbocycles. The maximum absolute atomic E-state index is 4.57. The summed E-state index contributed by atoms with van der Waals surface area (Å²) in [5, 5.41) is 0. The molecule has 3 nitrogen and oxygen atoms in total. The van der Waals surface area contributed by atoms with Crippen molar-refractivity contribution in [3.8, 4) is 0 Å². The Labute approximate surface area is 86.2 Å². The van der Waals surface area contributed by atoms with Crippen molar-refractivity contribution in [2.24, 2.45) is 4.99 Å². The van der Waals surface area contributed by atoms with Gasteiger partial charge in [0.05, 0.1) is 0 Å².